The van der Waals surface area contributed by atoms with Gasteiger partial charge in [0, 0.05) is 7.05 Å². The molecule has 1 aromatic rings. The van der Waals surface area contributed by atoms with Crippen molar-refractivity contribution in [1.29, 1.82) is 0 Å². The lowest BCUT2D eigenvalue weighted by atomic mass is 10.2. The van der Waals surface area contributed by atoms with Gasteiger partial charge in [0.15, 0.2) is 0 Å². The van der Waals surface area contributed by atoms with Crippen molar-refractivity contribution < 1.29 is 4.39 Å². The number of halogens is 2. The van der Waals surface area contributed by atoms with E-state index in [0.29, 0.717) is 10.0 Å². The predicted molar refractivity (Wildman–Crippen MR) is 52.2 cm³/mol. The molecule has 0 aromatic heterocycles. The SMILES string of the molecule is CNC(=S)c1c(F)cccc1Cl. The van der Waals surface area contributed by atoms with E-state index in [4.69, 9.17) is 23.8 Å². The normalized spacial score (nSPS) is 9.58. The van der Waals surface area contributed by atoms with Crippen molar-refractivity contribution in [2.45, 2.75) is 0 Å². The molecule has 1 nitrogen and oxygen atoms in total. The molecule has 1 aromatic carbocycles. The van der Waals surface area contributed by atoms with Gasteiger partial charge in [-0.3, -0.25) is 0 Å². The van der Waals surface area contributed by atoms with Crippen molar-refractivity contribution in [1.82, 2.24) is 5.32 Å². The van der Waals surface area contributed by atoms with Crippen LogP contribution in [0.5, 0.6) is 0 Å². The molecule has 64 valence electrons. The van der Waals surface area contributed by atoms with Crippen LogP contribution in [0.25, 0.3) is 0 Å². The Labute approximate surface area is 80.5 Å². The van der Waals surface area contributed by atoms with Crippen molar-refractivity contribution in [2.24, 2.45) is 0 Å². The molecule has 12 heavy (non-hydrogen) atoms. The van der Waals surface area contributed by atoms with E-state index in [-0.39, 0.29) is 5.56 Å². The summed E-state index contributed by atoms with van der Waals surface area (Å²) < 4.78 is 13.1. The zero-order valence-corrected chi connectivity index (χ0v) is 7.97. The van der Waals surface area contributed by atoms with E-state index in [1.165, 1.54) is 6.07 Å². The van der Waals surface area contributed by atoms with Gasteiger partial charge in [0.2, 0.25) is 0 Å². The molecule has 0 spiro atoms. The smallest absolute Gasteiger partial charge is 0.134 e. The van der Waals surface area contributed by atoms with Crippen LogP contribution in [0.3, 0.4) is 0 Å². The highest BCUT2D eigenvalue weighted by molar-refractivity contribution is 7.80. The van der Waals surface area contributed by atoms with Crippen molar-refractivity contribution in [3.63, 3.8) is 0 Å². The van der Waals surface area contributed by atoms with E-state index in [0.717, 1.165) is 0 Å². The van der Waals surface area contributed by atoms with Crippen LogP contribution in [-0.4, -0.2) is 12.0 Å². The number of thiocarbonyl (C=S) groups is 1. The summed E-state index contributed by atoms with van der Waals surface area (Å²) in [4.78, 5) is 0.318. The summed E-state index contributed by atoms with van der Waals surface area (Å²) in [5.74, 6) is -0.401. The average Bonchev–Trinajstić information content (AvgIpc) is 2.03. The number of hydrogen-bond donors (Lipinski definition) is 1. The molecule has 0 aliphatic heterocycles. The van der Waals surface area contributed by atoms with E-state index in [2.05, 4.69) is 5.32 Å². The highest BCUT2D eigenvalue weighted by Gasteiger charge is 2.09. The number of nitrogens with one attached hydrogen (secondary N) is 1. The van der Waals surface area contributed by atoms with Crippen molar-refractivity contribution >= 4 is 28.8 Å². The maximum atomic E-state index is 13.1. The van der Waals surface area contributed by atoms with E-state index < -0.39 is 5.82 Å². The summed E-state index contributed by atoms with van der Waals surface area (Å²) in [6.07, 6.45) is 0. The number of rotatable bonds is 1. The van der Waals surface area contributed by atoms with Crippen LogP contribution in [-0.2, 0) is 0 Å². The second-order valence-corrected chi connectivity index (χ2v) is 2.99. The first-order valence-corrected chi connectivity index (χ1v) is 4.11. The maximum absolute atomic E-state index is 13.1. The minimum absolute atomic E-state index is 0.261. The largest absolute Gasteiger partial charge is 0.379 e. The van der Waals surface area contributed by atoms with Gasteiger partial charge in [0.25, 0.3) is 0 Å². The quantitative estimate of drug-likeness (QED) is 0.704. The van der Waals surface area contributed by atoms with Crippen molar-refractivity contribution in [2.75, 3.05) is 7.05 Å². The molecule has 0 aliphatic rings. The fourth-order valence-electron chi connectivity index (χ4n) is 0.840. The van der Waals surface area contributed by atoms with Gasteiger partial charge in [-0.05, 0) is 12.1 Å². The lowest BCUT2D eigenvalue weighted by molar-refractivity contribution is 0.625. The Morgan fingerprint density at radius 2 is 2.25 bits per heavy atom. The molecule has 0 radical (unpaired) electrons. The van der Waals surface area contributed by atoms with E-state index >= 15 is 0 Å². The molecule has 0 saturated heterocycles. The molecule has 0 saturated carbocycles. The van der Waals surface area contributed by atoms with Gasteiger partial charge in [-0.2, -0.15) is 0 Å². The molecular weight excluding hydrogens is 197 g/mol. The Bertz CT molecular complexity index is 294. The second kappa shape index (κ2) is 3.83. The molecule has 0 amide bonds. The van der Waals surface area contributed by atoms with Gasteiger partial charge in [0.05, 0.1) is 10.6 Å². The third kappa shape index (κ3) is 1.73. The molecule has 1 N–H and O–H groups in total. The van der Waals surface area contributed by atoms with Crippen molar-refractivity contribution in [3.8, 4) is 0 Å². The van der Waals surface area contributed by atoms with Gasteiger partial charge >= 0.3 is 0 Å². The highest BCUT2D eigenvalue weighted by atomic mass is 35.5. The Morgan fingerprint density at radius 3 is 2.75 bits per heavy atom. The van der Waals surface area contributed by atoms with Crippen LogP contribution < -0.4 is 5.32 Å². The number of benzene rings is 1. The fourth-order valence-corrected chi connectivity index (χ4v) is 1.36. The standard InChI is InChI=1S/C8H7ClFNS/c1-11-8(12)7-5(9)3-2-4-6(7)10/h2-4H,1H3,(H,11,12). The third-order valence-corrected chi connectivity index (χ3v) is 2.14. The highest BCUT2D eigenvalue weighted by Crippen LogP contribution is 2.18. The summed E-state index contributed by atoms with van der Waals surface area (Å²) in [6.45, 7) is 0. The Kier molecular flexibility index (Phi) is 3.00. The summed E-state index contributed by atoms with van der Waals surface area (Å²) in [5.41, 5.74) is 0.261. The minimum Gasteiger partial charge on any atom is -0.379 e. The van der Waals surface area contributed by atoms with Crippen LogP contribution in [0.4, 0.5) is 4.39 Å². The molecule has 0 bridgehead atoms. The van der Waals surface area contributed by atoms with E-state index in [9.17, 15) is 4.39 Å². The Morgan fingerprint density at radius 1 is 1.58 bits per heavy atom. The van der Waals surface area contributed by atoms with Crippen molar-refractivity contribution in [3.05, 3.63) is 34.6 Å². The monoisotopic (exact) mass is 203 g/mol. The zero-order valence-electron chi connectivity index (χ0n) is 6.40. The first-order chi connectivity index (χ1) is 5.66. The molecule has 0 fully saturated rings. The van der Waals surface area contributed by atoms with E-state index in [1.807, 2.05) is 0 Å². The van der Waals surface area contributed by atoms with Gasteiger partial charge in [-0.1, -0.05) is 29.9 Å². The molecule has 1 rings (SSSR count). The molecule has 0 atom stereocenters. The molecule has 0 unspecified atom stereocenters. The summed E-state index contributed by atoms with van der Waals surface area (Å²) >= 11 is 10.6. The first-order valence-electron chi connectivity index (χ1n) is 3.33. The van der Waals surface area contributed by atoms with Crippen LogP contribution in [0.15, 0.2) is 18.2 Å². The summed E-state index contributed by atoms with van der Waals surface area (Å²) in [5, 5.41) is 3.00. The Hall–Kier alpha value is -0.670. The lowest BCUT2D eigenvalue weighted by Crippen LogP contribution is -2.18. The fraction of sp³-hybridized carbons (Fsp3) is 0.125. The zero-order chi connectivity index (χ0) is 9.14. The molecule has 0 aliphatic carbocycles. The minimum atomic E-state index is -0.401. The molecule has 4 heteroatoms. The third-order valence-electron chi connectivity index (χ3n) is 1.42. The predicted octanol–water partition coefficient (Wildman–Crippen LogP) is 2.37. The topological polar surface area (TPSA) is 12.0 Å². The molecular formula is C8H7ClFNS. The summed E-state index contributed by atoms with van der Waals surface area (Å²) in [7, 11) is 1.63. The summed E-state index contributed by atoms with van der Waals surface area (Å²) in [6, 6.07) is 4.47. The Balaban J connectivity index is 3.21. The lowest BCUT2D eigenvalue weighted by Gasteiger charge is -2.05. The van der Waals surface area contributed by atoms with Gasteiger partial charge in [-0.15, -0.1) is 0 Å². The van der Waals surface area contributed by atoms with Gasteiger partial charge < -0.3 is 5.32 Å². The maximum Gasteiger partial charge on any atom is 0.134 e. The molecule has 0 heterocycles. The number of hydrogen-bond acceptors (Lipinski definition) is 1. The van der Waals surface area contributed by atoms with Crippen LogP contribution >= 0.6 is 23.8 Å². The second-order valence-electron chi connectivity index (χ2n) is 2.18. The average molecular weight is 204 g/mol. The van der Waals surface area contributed by atoms with Gasteiger partial charge in [0.1, 0.15) is 10.8 Å². The van der Waals surface area contributed by atoms with Crippen LogP contribution in [0.2, 0.25) is 5.02 Å². The van der Waals surface area contributed by atoms with Crippen LogP contribution in [0, 0.1) is 5.82 Å². The van der Waals surface area contributed by atoms with E-state index in [1.54, 1.807) is 19.2 Å². The first kappa shape index (κ1) is 9.42. The van der Waals surface area contributed by atoms with Crippen LogP contribution in [0.1, 0.15) is 5.56 Å². The van der Waals surface area contributed by atoms with Gasteiger partial charge in [-0.25, -0.2) is 4.39 Å².